The molecule has 0 bridgehead atoms. The molecule has 18 heavy (non-hydrogen) atoms. The lowest BCUT2D eigenvalue weighted by atomic mass is 9.98. The molecule has 1 atom stereocenters. The third-order valence-corrected chi connectivity index (χ3v) is 3.23. The highest BCUT2D eigenvalue weighted by Gasteiger charge is 2.21. The number of fused-ring (bicyclic) bond motifs is 1. The predicted octanol–water partition coefficient (Wildman–Crippen LogP) is 2.49. The van der Waals surface area contributed by atoms with Crippen LogP contribution in [0, 0.1) is 0 Å². The summed E-state index contributed by atoms with van der Waals surface area (Å²) in [7, 11) is 0. The van der Waals surface area contributed by atoms with Crippen molar-refractivity contribution in [3.05, 3.63) is 59.4 Å². The molecule has 1 N–H and O–H groups in total. The van der Waals surface area contributed by atoms with Gasteiger partial charge in [-0.1, -0.05) is 24.3 Å². The summed E-state index contributed by atoms with van der Waals surface area (Å²) in [6.45, 7) is 0.721. The third kappa shape index (κ3) is 1.97. The summed E-state index contributed by atoms with van der Waals surface area (Å²) in [6.07, 6.45) is 3.02. The minimum atomic E-state index is -0.723. The molecule has 0 saturated carbocycles. The van der Waals surface area contributed by atoms with Gasteiger partial charge in [0.25, 0.3) is 0 Å². The maximum absolute atomic E-state index is 10.4. The molecule has 0 amide bonds. The fraction of sp³-hybridized carbons (Fsp3) is 0.267. The van der Waals surface area contributed by atoms with Crippen molar-refractivity contribution >= 4 is 0 Å². The van der Waals surface area contributed by atoms with Crippen molar-refractivity contribution in [2.75, 3.05) is 6.61 Å². The van der Waals surface area contributed by atoms with Crippen LogP contribution in [0.4, 0.5) is 0 Å². The van der Waals surface area contributed by atoms with Crippen LogP contribution in [0.3, 0.4) is 0 Å². The van der Waals surface area contributed by atoms with Crippen molar-refractivity contribution in [3.63, 3.8) is 0 Å². The molecular weight excluding hydrogens is 226 g/mol. The zero-order chi connectivity index (χ0) is 12.4. The Bertz CT molecular complexity index is 539. The van der Waals surface area contributed by atoms with E-state index in [2.05, 4.69) is 11.1 Å². The number of nitrogens with zero attached hydrogens (tertiary/aromatic N) is 1. The molecular formula is C15H15NO2. The number of hydrogen-bond acceptors (Lipinski definition) is 3. The first-order valence-electron chi connectivity index (χ1n) is 6.20. The largest absolute Gasteiger partial charge is 0.493 e. The Morgan fingerprint density at radius 2 is 2.11 bits per heavy atom. The second-order valence-electron chi connectivity index (χ2n) is 4.44. The molecule has 2 aromatic rings. The van der Waals surface area contributed by atoms with Crippen LogP contribution < -0.4 is 4.74 Å². The molecule has 1 unspecified atom stereocenters. The monoisotopic (exact) mass is 241 g/mol. The SMILES string of the molecule is OC(c1ccccn1)c1cccc2c1OCCC2. The Labute approximate surface area is 106 Å². The average molecular weight is 241 g/mol. The molecule has 1 aromatic carbocycles. The van der Waals surface area contributed by atoms with Crippen LogP contribution in [-0.4, -0.2) is 16.7 Å². The molecule has 0 aliphatic carbocycles. The number of hydrogen-bond donors (Lipinski definition) is 1. The topological polar surface area (TPSA) is 42.4 Å². The van der Waals surface area contributed by atoms with E-state index in [1.54, 1.807) is 6.20 Å². The normalized spacial score (nSPS) is 15.6. The minimum absolute atomic E-state index is 0.653. The first-order valence-corrected chi connectivity index (χ1v) is 6.20. The Hall–Kier alpha value is -1.87. The van der Waals surface area contributed by atoms with Crippen molar-refractivity contribution in [1.82, 2.24) is 4.98 Å². The number of aliphatic hydroxyl groups is 1. The van der Waals surface area contributed by atoms with Crippen molar-refractivity contribution < 1.29 is 9.84 Å². The Morgan fingerprint density at radius 3 is 2.94 bits per heavy atom. The van der Waals surface area contributed by atoms with Gasteiger partial charge >= 0.3 is 0 Å². The van der Waals surface area contributed by atoms with Crippen molar-refractivity contribution in [2.45, 2.75) is 18.9 Å². The number of benzene rings is 1. The van der Waals surface area contributed by atoms with Crippen LogP contribution in [0.15, 0.2) is 42.6 Å². The standard InChI is InChI=1S/C15H15NO2/c17-14(13-8-1-2-9-16-13)12-7-3-5-11-6-4-10-18-15(11)12/h1-3,5,7-9,14,17H,4,6,10H2. The Morgan fingerprint density at radius 1 is 1.17 bits per heavy atom. The first kappa shape index (κ1) is 11.2. The summed E-state index contributed by atoms with van der Waals surface area (Å²) >= 11 is 0. The van der Waals surface area contributed by atoms with Gasteiger partial charge in [0, 0.05) is 11.8 Å². The number of rotatable bonds is 2. The van der Waals surface area contributed by atoms with Gasteiger partial charge in [-0.25, -0.2) is 0 Å². The van der Waals surface area contributed by atoms with Crippen molar-refractivity contribution in [1.29, 1.82) is 0 Å². The van der Waals surface area contributed by atoms with Crippen LogP contribution in [0.25, 0.3) is 0 Å². The van der Waals surface area contributed by atoms with Gasteiger partial charge in [0.2, 0.25) is 0 Å². The highest BCUT2D eigenvalue weighted by atomic mass is 16.5. The second-order valence-corrected chi connectivity index (χ2v) is 4.44. The van der Waals surface area contributed by atoms with E-state index in [1.807, 2.05) is 30.3 Å². The van der Waals surface area contributed by atoms with E-state index in [9.17, 15) is 5.11 Å². The van der Waals surface area contributed by atoms with Gasteiger partial charge in [-0.15, -0.1) is 0 Å². The molecule has 0 radical (unpaired) electrons. The van der Waals surface area contributed by atoms with Crippen LogP contribution in [-0.2, 0) is 6.42 Å². The van der Waals surface area contributed by atoms with E-state index in [0.29, 0.717) is 5.69 Å². The van der Waals surface area contributed by atoms with E-state index in [-0.39, 0.29) is 0 Å². The number of aryl methyl sites for hydroxylation is 1. The minimum Gasteiger partial charge on any atom is -0.493 e. The molecule has 2 heterocycles. The smallest absolute Gasteiger partial charge is 0.128 e. The molecule has 0 fully saturated rings. The van der Waals surface area contributed by atoms with Gasteiger partial charge in [0.15, 0.2) is 0 Å². The lowest BCUT2D eigenvalue weighted by Crippen LogP contribution is -2.13. The zero-order valence-electron chi connectivity index (χ0n) is 10.0. The Kier molecular flexibility index (Phi) is 2.99. The predicted molar refractivity (Wildman–Crippen MR) is 68.6 cm³/mol. The molecule has 0 spiro atoms. The lowest BCUT2D eigenvalue weighted by Gasteiger charge is -2.22. The fourth-order valence-electron chi connectivity index (χ4n) is 2.33. The molecule has 92 valence electrons. The molecule has 3 rings (SSSR count). The van der Waals surface area contributed by atoms with Crippen LogP contribution in [0.2, 0.25) is 0 Å². The van der Waals surface area contributed by atoms with E-state index >= 15 is 0 Å². The van der Waals surface area contributed by atoms with Gasteiger partial charge in [-0.2, -0.15) is 0 Å². The number of aromatic nitrogens is 1. The van der Waals surface area contributed by atoms with E-state index in [1.165, 1.54) is 5.56 Å². The van der Waals surface area contributed by atoms with Gasteiger partial charge in [-0.05, 0) is 30.5 Å². The molecule has 1 aliphatic heterocycles. The summed E-state index contributed by atoms with van der Waals surface area (Å²) in [4.78, 5) is 4.20. The summed E-state index contributed by atoms with van der Waals surface area (Å²) in [5, 5.41) is 10.4. The summed E-state index contributed by atoms with van der Waals surface area (Å²) in [6, 6.07) is 11.5. The fourth-order valence-corrected chi connectivity index (χ4v) is 2.33. The number of pyridine rings is 1. The summed E-state index contributed by atoms with van der Waals surface area (Å²) in [5.74, 6) is 0.835. The van der Waals surface area contributed by atoms with Gasteiger partial charge in [-0.3, -0.25) is 4.98 Å². The van der Waals surface area contributed by atoms with E-state index in [4.69, 9.17) is 4.74 Å². The zero-order valence-corrected chi connectivity index (χ0v) is 10.0. The number of aliphatic hydroxyl groups excluding tert-OH is 1. The van der Waals surface area contributed by atoms with Gasteiger partial charge in [0.1, 0.15) is 11.9 Å². The van der Waals surface area contributed by atoms with Crippen LogP contribution in [0.1, 0.15) is 29.3 Å². The second kappa shape index (κ2) is 4.78. The van der Waals surface area contributed by atoms with Gasteiger partial charge in [0.05, 0.1) is 12.3 Å². The maximum Gasteiger partial charge on any atom is 0.128 e. The van der Waals surface area contributed by atoms with Crippen LogP contribution in [0.5, 0.6) is 5.75 Å². The number of para-hydroxylation sites is 1. The van der Waals surface area contributed by atoms with E-state index in [0.717, 1.165) is 30.8 Å². The average Bonchev–Trinajstić information content (AvgIpc) is 2.47. The summed E-state index contributed by atoms with van der Waals surface area (Å²) < 4.78 is 5.71. The maximum atomic E-state index is 10.4. The molecule has 0 saturated heterocycles. The molecule has 1 aromatic heterocycles. The quantitative estimate of drug-likeness (QED) is 0.878. The van der Waals surface area contributed by atoms with Gasteiger partial charge < -0.3 is 9.84 Å². The van der Waals surface area contributed by atoms with Crippen molar-refractivity contribution in [2.24, 2.45) is 0 Å². The highest BCUT2D eigenvalue weighted by Crippen LogP contribution is 2.34. The van der Waals surface area contributed by atoms with E-state index < -0.39 is 6.10 Å². The molecule has 1 aliphatic rings. The van der Waals surface area contributed by atoms with Crippen LogP contribution >= 0.6 is 0 Å². The Balaban J connectivity index is 2.02. The lowest BCUT2D eigenvalue weighted by molar-refractivity contribution is 0.202. The van der Waals surface area contributed by atoms with Crippen molar-refractivity contribution in [3.8, 4) is 5.75 Å². The molecule has 3 heteroatoms. The highest BCUT2D eigenvalue weighted by molar-refractivity contribution is 5.46. The summed E-state index contributed by atoms with van der Waals surface area (Å²) in [5.41, 5.74) is 2.64. The number of ether oxygens (including phenoxy) is 1. The molecule has 3 nitrogen and oxygen atoms in total. The first-order chi connectivity index (χ1) is 8.86. The third-order valence-electron chi connectivity index (χ3n) is 3.23.